The van der Waals surface area contributed by atoms with E-state index in [9.17, 15) is 9.59 Å². The molecule has 2 amide bonds. The van der Waals surface area contributed by atoms with Crippen LogP contribution in [0.1, 0.15) is 45.2 Å². The van der Waals surface area contributed by atoms with Crippen LogP contribution in [0.2, 0.25) is 0 Å². The highest BCUT2D eigenvalue weighted by molar-refractivity contribution is 6.04. The van der Waals surface area contributed by atoms with Crippen molar-refractivity contribution in [1.29, 1.82) is 0 Å². The fraction of sp³-hybridized carbons (Fsp3) is 0.391. The van der Waals surface area contributed by atoms with E-state index in [1.54, 1.807) is 4.90 Å². The largest absolute Gasteiger partial charge is 0.326 e. The topological polar surface area (TPSA) is 49.4 Å². The van der Waals surface area contributed by atoms with Gasteiger partial charge in [0.25, 0.3) is 0 Å². The molecule has 1 aliphatic heterocycles. The molecule has 0 bridgehead atoms. The smallest absolute Gasteiger partial charge is 0.229 e. The van der Waals surface area contributed by atoms with Gasteiger partial charge in [-0.25, -0.2) is 0 Å². The third-order valence-corrected chi connectivity index (χ3v) is 5.15. The van der Waals surface area contributed by atoms with Crippen LogP contribution in [0.25, 0.3) is 0 Å². The van der Waals surface area contributed by atoms with E-state index in [1.807, 2.05) is 42.5 Å². The van der Waals surface area contributed by atoms with Gasteiger partial charge in [0.1, 0.15) is 0 Å². The average Bonchev–Trinajstić information content (AvgIpc) is 3.03. The maximum absolute atomic E-state index is 12.8. The molecule has 4 nitrogen and oxygen atoms in total. The standard InChI is InChI=1S/C23H28N2O2/c1-5-16-10-6-8-12-19(16)24-22(27)17-14-21(26)25(15-17)20-13-9-7-11-18(20)23(2,3)4/h6-13,17H,5,14-15H2,1-4H3,(H,24,27). The Bertz CT molecular complexity index is 851. The second-order valence-electron chi connectivity index (χ2n) is 8.17. The summed E-state index contributed by atoms with van der Waals surface area (Å²) >= 11 is 0. The van der Waals surface area contributed by atoms with Crippen LogP contribution in [0.4, 0.5) is 11.4 Å². The summed E-state index contributed by atoms with van der Waals surface area (Å²) in [6.45, 7) is 8.90. The van der Waals surface area contributed by atoms with E-state index in [2.05, 4.69) is 39.1 Å². The quantitative estimate of drug-likeness (QED) is 0.866. The minimum absolute atomic E-state index is 0.00984. The lowest BCUT2D eigenvalue weighted by Gasteiger charge is -2.27. The van der Waals surface area contributed by atoms with E-state index >= 15 is 0 Å². The van der Waals surface area contributed by atoms with Crippen LogP contribution < -0.4 is 10.2 Å². The average molecular weight is 364 g/mol. The Labute approximate surface area is 161 Å². The number of carbonyl (C=O) groups excluding carboxylic acids is 2. The lowest BCUT2D eigenvalue weighted by atomic mass is 9.85. The predicted molar refractivity (Wildman–Crippen MR) is 110 cm³/mol. The summed E-state index contributed by atoms with van der Waals surface area (Å²) in [6.07, 6.45) is 1.10. The van der Waals surface area contributed by atoms with Gasteiger partial charge in [0.05, 0.1) is 5.92 Å². The summed E-state index contributed by atoms with van der Waals surface area (Å²) < 4.78 is 0. The molecule has 1 unspecified atom stereocenters. The van der Waals surface area contributed by atoms with Gasteiger partial charge < -0.3 is 10.2 Å². The number of para-hydroxylation sites is 2. The predicted octanol–water partition coefficient (Wildman–Crippen LogP) is 4.54. The van der Waals surface area contributed by atoms with Gasteiger partial charge in [0.2, 0.25) is 11.8 Å². The Morgan fingerprint density at radius 2 is 1.78 bits per heavy atom. The first-order valence-corrected chi connectivity index (χ1v) is 9.60. The van der Waals surface area contributed by atoms with E-state index in [0.717, 1.165) is 28.9 Å². The van der Waals surface area contributed by atoms with E-state index in [1.165, 1.54) is 0 Å². The molecule has 27 heavy (non-hydrogen) atoms. The Balaban J connectivity index is 1.79. The molecule has 4 heteroatoms. The Kier molecular flexibility index (Phi) is 5.36. The third kappa shape index (κ3) is 4.05. The molecule has 142 valence electrons. The van der Waals surface area contributed by atoms with E-state index in [-0.39, 0.29) is 29.6 Å². The number of hydrogen-bond acceptors (Lipinski definition) is 2. The zero-order chi connectivity index (χ0) is 19.6. The van der Waals surface area contributed by atoms with Gasteiger partial charge in [-0.15, -0.1) is 0 Å². The summed E-state index contributed by atoms with van der Waals surface area (Å²) in [5, 5.41) is 3.02. The van der Waals surface area contributed by atoms with Crippen molar-refractivity contribution < 1.29 is 9.59 Å². The Morgan fingerprint density at radius 3 is 2.48 bits per heavy atom. The maximum Gasteiger partial charge on any atom is 0.229 e. The number of aryl methyl sites for hydroxylation is 1. The molecule has 1 N–H and O–H groups in total. The highest BCUT2D eigenvalue weighted by atomic mass is 16.2. The fourth-order valence-electron chi connectivity index (χ4n) is 3.64. The number of hydrogen-bond donors (Lipinski definition) is 1. The zero-order valence-corrected chi connectivity index (χ0v) is 16.6. The molecule has 2 aromatic carbocycles. The molecule has 0 radical (unpaired) electrons. The molecule has 2 aromatic rings. The van der Waals surface area contributed by atoms with E-state index in [0.29, 0.717) is 6.54 Å². The molecule has 1 aliphatic rings. The van der Waals surface area contributed by atoms with E-state index in [4.69, 9.17) is 0 Å². The number of rotatable bonds is 4. The second kappa shape index (κ2) is 7.55. The SMILES string of the molecule is CCc1ccccc1NC(=O)C1CC(=O)N(c2ccccc2C(C)(C)C)C1. The van der Waals surface area contributed by atoms with Gasteiger partial charge in [0.15, 0.2) is 0 Å². The Hall–Kier alpha value is -2.62. The summed E-state index contributed by atoms with van der Waals surface area (Å²) in [7, 11) is 0. The molecule has 1 heterocycles. The number of nitrogens with one attached hydrogen (secondary N) is 1. The van der Waals surface area contributed by atoms with Crippen LogP contribution >= 0.6 is 0 Å². The van der Waals surface area contributed by atoms with Crippen LogP contribution in [0.15, 0.2) is 48.5 Å². The molecular weight excluding hydrogens is 336 g/mol. The first kappa shape index (κ1) is 19.2. The third-order valence-electron chi connectivity index (χ3n) is 5.15. The summed E-state index contributed by atoms with van der Waals surface area (Å²) in [5.74, 6) is -0.411. The number of carbonyl (C=O) groups is 2. The van der Waals surface area contributed by atoms with Gasteiger partial charge in [0, 0.05) is 24.3 Å². The van der Waals surface area contributed by atoms with Crippen molar-refractivity contribution in [2.75, 3.05) is 16.8 Å². The monoisotopic (exact) mass is 364 g/mol. The molecule has 0 aromatic heterocycles. The highest BCUT2D eigenvalue weighted by Gasteiger charge is 2.37. The van der Waals surface area contributed by atoms with Crippen molar-refractivity contribution in [2.24, 2.45) is 5.92 Å². The first-order valence-electron chi connectivity index (χ1n) is 9.60. The van der Waals surface area contributed by atoms with Crippen molar-refractivity contribution in [3.8, 4) is 0 Å². The summed E-state index contributed by atoms with van der Waals surface area (Å²) in [6, 6.07) is 15.8. The minimum atomic E-state index is -0.338. The van der Waals surface area contributed by atoms with Crippen molar-refractivity contribution in [3.63, 3.8) is 0 Å². The van der Waals surface area contributed by atoms with Crippen LogP contribution in [0, 0.1) is 5.92 Å². The van der Waals surface area contributed by atoms with Crippen LogP contribution in [-0.4, -0.2) is 18.4 Å². The van der Waals surface area contributed by atoms with Gasteiger partial charge >= 0.3 is 0 Å². The summed E-state index contributed by atoms with van der Waals surface area (Å²) in [5.41, 5.74) is 3.91. The van der Waals surface area contributed by atoms with Crippen molar-refractivity contribution in [2.45, 2.75) is 46.0 Å². The van der Waals surface area contributed by atoms with Crippen LogP contribution in [-0.2, 0) is 21.4 Å². The maximum atomic E-state index is 12.8. The molecular formula is C23H28N2O2. The van der Waals surface area contributed by atoms with Crippen molar-refractivity contribution >= 4 is 23.2 Å². The minimum Gasteiger partial charge on any atom is -0.326 e. The normalized spacial score (nSPS) is 17.3. The summed E-state index contributed by atoms with van der Waals surface area (Å²) in [4.78, 5) is 27.3. The molecule has 1 atom stereocenters. The number of nitrogens with zero attached hydrogens (tertiary/aromatic N) is 1. The van der Waals surface area contributed by atoms with Gasteiger partial charge in [-0.1, -0.05) is 64.1 Å². The van der Waals surface area contributed by atoms with Crippen molar-refractivity contribution in [3.05, 3.63) is 59.7 Å². The van der Waals surface area contributed by atoms with Gasteiger partial charge in [-0.3, -0.25) is 9.59 Å². The zero-order valence-electron chi connectivity index (χ0n) is 16.6. The van der Waals surface area contributed by atoms with E-state index < -0.39 is 0 Å². The first-order chi connectivity index (χ1) is 12.8. The van der Waals surface area contributed by atoms with Crippen LogP contribution in [0.5, 0.6) is 0 Å². The Morgan fingerprint density at radius 1 is 1.11 bits per heavy atom. The number of benzene rings is 2. The lowest BCUT2D eigenvalue weighted by molar-refractivity contribution is -0.122. The van der Waals surface area contributed by atoms with Gasteiger partial charge in [-0.05, 0) is 35.1 Å². The molecule has 3 rings (SSSR count). The lowest BCUT2D eigenvalue weighted by Crippen LogP contribution is -2.30. The van der Waals surface area contributed by atoms with Gasteiger partial charge in [-0.2, -0.15) is 0 Å². The van der Waals surface area contributed by atoms with Crippen molar-refractivity contribution in [1.82, 2.24) is 0 Å². The molecule has 0 saturated carbocycles. The molecule has 0 aliphatic carbocycles. The molecule has 0 spiro atoms. The fourth-order valence-corrected chi connectivity index (χ4v) is 3.64. The number of amides is 2. The highest BCUT2D eigenvalue weighted by Crippen LogP contribution is 2.35. The molecule has 1 saturated heterocycles. The number of anilines is 2. The van der Waals surface area contributed by atoms with Crippen LogP contribution in [0.3, 0.4) is 0 Å². The second-order valence-corrected chi connectivity index (χ2v) is 8.17. The molecule has 1 fully saturated rings.